The molecule has 0 aromatic carbocycles. The fraction of sp³-hybridized carbons (Fsp3) is 0.111. The average Bonchev–Trinajstić information content (AvgIpc) is 2.98. The topological polar surface area (TPSA) is 112 Å². The van der Waals surface area contributed by atoms with E-state index in [1.54, 1.807) is 6.07 Å². The second-order valence-corrected chi connectivity index (χ2v) is 5.98. The van der Waals surface area contributed by atoms with Gasteiger partial charge < -0.3 is 5.11 Å². The highest BCUT2D eigenvalue weighted by atomic mass is 32.2. The monoisotopic (exact) mass is 287 g/mol. The van der Waals surface area contributed by atoms with Gasteiger partial charge in [0.2, 0.25) is 10.0 Å². The number of hydrogen-bond donors (Lipinski definition) is 3. The molecular weight excluding hydrogens is 278 g/mol. The minimum Gasteiger partial charge on any atom is -0.477 e. The van der Waals surface area contributed by atoms with Gasteiger partial charge in [-0.25, -0.2) is 17.9 Å². The molecule has 7 nitrogen and oxygen atoms in total. The molecular formula is C9H9N3O4S2. The van der Waals surface area contributed by atoms with Crippen molar-refractivity contribution in [3.63, 3.8) is 0 Å². The molecule has 0 fully saturated rings. The summed E-state index contributed by atoms with van der Waals surface area (Å²) in [6.45, 7) is 0.0250. The number of carboxylic acid groups (broad SMARTS) is 1. The minimum atomic E-state index is -3.84. The van der Waals surface area contributed by atoms with E-state index < -0.39 is 16.0 Å². The number of aromatic carboxylic acids is 1. The zero-order chi connectivity index (χ0) is 13.2. The summed E-state index contributed by atoms with van der Waals surface area (Å²) in [5, 5.41) is 16.6. The quantitative estimate of drug-likeness (QED) is 0.747. The lowest BCUT2D eigenvalue weighted by Gasteiger charge is -2.04. The first-order valence-electron chi connectivity index (χ1n) is 4.79. The number of thiophene rings is 1. The molecule has 2 rings (SSSR count). The van der Waals surface area contributed by atoms with E-state index >= 15 is 0 Å². The maximum absolute atomic E-state index is 11.9. The Hall–Kier alpha value is -1.71. The molecule has 2 aromatic rings. The molecule has 0 radical (unpaired) electrons. The maximum Gasteiger partial charge on any atom is 0.347 e. The van der Waals surface area contributed by atoms with Gasteiger partial charge in [0.05, 0.1) is 12.2 Å². The SMILES string of the molecule is O=C(O)c1sccc1S(=O)(=O)NCc1ccn[nH]1. The number of nitrogens with zero attached hydrogens (tertiary/aromatic N) is 1. The van der Waals surface area contributed by atoms with Gasteiger partial charge in [-0.1, -0.05) is 0 Å². The normalized spacial score (nSPS) is 11.6. The van der Waals surface area contributed by atoms with Crippen LogP contribution < -0.4 is 4.72 Å². The van der Waals surface area contributed by atoms with E-state index in [9.17, 15) is 13.2 Å². The van der Waals surface area contributed by atoms with Crippen molar-refractivity contribution < 1.29 is 18.3 Å². The van der Waals surface area contributed by atoms with Crippen molar-refractivity contribution in [3.8, 4) is 0 Å². The molecule has 0 bridgehead atoms. The number of aromatic amines is 1. The fourth-order valence-electron chi connectivity index (χ4n) is 1.30. The first-order chi connectivity index (χ1) is 8.50. The van der Waals surface area contributed by atoms with E-state index in [0.29, 0.717) is 5.69 Å². The second kappa shape index (κ2) is 4.88. The second-order valence-electron chi connectivity index (χ2n) is 3.33. The Bertz CT molecular complexity index is 645. The molecule has 0 atom stereocenters. The molecule has 0 spiro atoms. The summed E-state index contributed by atoms with van der Waals surface area (Å²) in [4.78, 5) is 10.4. The number of carboxylic acids is 1. The van der Waals surface area contributed by atoms with Crippen molar-refractivity contribution in [1.82, 2.24) is 14.9 Å². The van der Waals surface area contributed by atoms with Crippen molar-refractivity contribution in [2.24, 2.45) is 0 Å². The van der Waals surface area contributed by atoms with Gasteiger partial charge in [0, 0.05) is 6.20 Å². The van der Waals surface area contributed by atoms with E-state index in [1.165, 1.54) is 17.6 Å². The highest BCUT2D eigenvalue weighted by Crippen LogP contribution is 2.21. The first-order valence-corrected chi connectivity index (χ1v) is 7.15. The van der Waals surface area contributed by atoms with Crippen LogP contribution in [0.2, 0.25) is 0 Å². The van der Waals surface area contributed by atoms with Gasteiger partial charge in [0.1, 0.15) is 9.77 Å². The van der Waals surface area contributed by atoms with Gasteiger partial charge in [-0.05, 0) is 17.5 Å². The molecule has 96 valence electrons. The lowest BCUT2D eigenvalue weighted by molar-refractivity contribution is 0.0698. The van der Waals surface area contributed by atoms with Crippen LogP contribution in [-0.2, 0) is 16.6 Å². The number of carbonyl (C=O) groups is 1. The molecule has 0 saturated carbocycles. The summed E-state index contributed by atoms with van der Waals surface area (Å²) in [6, 6.07) is 2.89. The minimum absolute atomic E-state index is 0.0250. The molecule has 0 aliphatic rings. The van der Waals surface area contributed by atoms with Crippen LogP contribution in [-0.4, -0.2) is 29.7 Å². The van der Waals surface area contributed by atoms with Gasteiger partial charge in [-0.15, -0.1) is 11.3 Å². The van der Waals surface area contributed by atoms with E-state index in [0.717, 1.165) is 11.3 Å². The Labute approximate surface area is 107 Å². The van der Waals surface area contributed by atoms with E-state index in [2.05, 4.69) is 14.9 Å². The van der Waals surface area contributed by atoms with E-state index in [1.807, 2.05) is 0 Å². The van der Waals surface area contributed by atoms with Crippen LogP contribution in [0, 0.1) is 0 Å². The zero-order valence-electron chi connectivity index (χ0n) is 8.95. The number of hydrogen-bond acceptors (Lipinski definition) is 5. The van der Waals surface area contributed by atoms with Gasteiger partial charge in [-0.2, -0.15) is 5.10 Å². The number of H-pyrrole nitrogens is 1. The van der Waals surface area contributed by atoms with Crippen molar-refractivity contribution in [2.75, 3.05) is 0 Å². The van der Waals surface area contributed by atoms with Crippen molar-refractivity contribution in [1.29, 1.82) is 0 Å². The summed E-state index contributed by atoms with van der Waals surface area (Å²) in [5.74, 6) is -1.26. The van der Waals surface area contributed by atoms with Crippen LogP contribution >= 0.6 is 11.3 Å². The van der Waals surface area contributed by atoms with Gasteiger partial charge in [-0.3, -0.25) is 5.10 Å². The van der Waals surface area contributed by atoms with Crippen LogP contribution in [0.3, 0.4) is 0 Å². The molecule has 0 amide bonds. The number of rotatable bonds is 5. The third kappa shape index (κ3) is 2.58. The molecule has 0 aliphatic carbocycles. The van der Waals surface area contributed by atoms with Gasteiger partial charge in [0.15, 0.2) is 0 Å². The van der Waals surface area contributed by atoms with Crippen LogP contribution in [0.15, 0.2) is 28.6 Å². The van der Waals surface area contributed by atoms with Gasteiger partial charge >= 0.3 is 5.97 Å². The number of sulfonamides is 1. The van der Waals surface area contributed by atoms with Crippen LogP contribution in [0.25, 0.3) is 0 Å². The lowest BCUT2D eigenvalue weighted by Crippen LogP contribution is -2.24. The third-order valence-electron chi connectivity index (χ3n) is 2.12. The standard InChI is InChI=1S/C9H9N3O4S2/c13-9(14)8-7(2-4-17-8)18(15,16)11-5-6-1-3-10-12-6/h1-4,11H,5H2,(H,10,12)(H,13,14). The Morgan fingerprint density at radius 3 is 2.89 bits per heavy atom. The van der Waals surface area contributed by atoms with Crippen molar-refractivity contribution in [2.45, 2.75) is 11.4 Å². The van der Waals surface area contributed by atoms with E-state index in [4.69, 9.17) is 5.11 Å². The molecule has 2 heterocycles. The number of nitrogens with one attached hydrogen (secondary N) is 2. The molecule has 0 aliphatic heterocycles. The molecule has 0 unspecified atom stereocenters. The Balaban J connectivity index is 2.20. The van der Waals surface area contributed by atoms with Crippen LogP contribution in [0.5, 0.6) is 0 Å². The Morgan fingerprint density at radius 2 is 2.28 bits per heavy atom. The molecule has 0 saturated heterocycles. The largest absolute Gasteiger partial charge is 0.477 e. The smallest absolute Gasteiger partial charge is 0.347 e. The maximum atomic E-state index is 11.9. The molecule has 2 aromatic heterocycles. The molecule has 18 heavy (non-hydrogen) atoms. The third-order valence-corrected chi connectivity index (χ3v) is 4.60. The van der Waals surface area contributed by atoms with Crippen LogP contribution in [0.1, 0.15) is 15.4 Å². The highest BCUT2D eigenvalue weighted by molar-refractivity contribution is 7.89. The Morgan fingerprint density at radius 1 is 1.50 bits per heavy atom. The molecule has 9 heteroatoms. The van der Waals surface area contributed by atoms with Gasteiger partial charge in [0.25, 0.3) is 0 Å². The summed E-state index contributed by atoms with van der Waals surface area (Å²) in [7, 11) is -3.84. The zero-order valence-corrected chi connectivity index (χ0v) is 10.6. The summed E-state index contributed by atoms with van der Waals surface area (Å²) < 4.78 is 26.1. The lowest BCUT2D eigenvalue weighted by atomic mass is 10.4. The summed E-state index contributed by atoms with van der Waals surface area (Å²) in [5.41, 5.74) is 0.589. The number of aromatic nitrogens is 2. The highest BCUT2D eigenvalue weighted by Gasteiger charge is 2.23. The average molecular weight is 287 g/mol. The first kappa shape index (κ1) is 12.7. The predicted octanol–water partition coefficient (Wildman–Crippen LogP) is 0.648. The van der Waals surface area contributed by atoms with Crippen molar-refractivity contribution >= 4 is 27.3 Å². The predicted molar refractivity (Wildman–Crippen MR) is 63.9 cm³/mol. The fourth-order valence-corrected chi connectivity index (χ4v) is 3.56. The van der Waals surface area contributed by atoms with Crippen molar-refractivity contribution in [3.05, 3.63) is 34.3 Å². The summed E-state index contributed by atoms with van der Waals surface area (Å²) >= 11 is 0.869. The summed E-state index contributed by atoms with van der Waals surface area (Å²) in [6.07, 6.45) is 1.50. The Kier molecular flexibility index (Phi) is 3.45. The van der Waals surface area contributed by atoms with Crippen LogP contribution in [0.4, 0.5) is 0 Å². The van der Waals surface area contributed by atoms with E-state index in [-0.39, 0.29) is 16.3 Å². The molecule has 3 N–H and O–H groups in total.